The van der Waals surface area contributed by atoms with Gasteiger partial charge in [0.2, 0.25) is 0 Å². The third-order valence-electron chi connectivity index (χ3n) is 8.90. The molecule has 3 aliphatic heterocycles. The van der Waals surface area contributed by atoms with Crippen LogP contribution in [0.5, 0.6) is 0 Å². The summed E-state index contributed by atoms with van der Waals surface area (Å²) in [5.41, 5.74) is 2.74. The zero-order valence-electron chi connectivity index (χ0n) is 28.7. The molecule has 3 aromatic rings. The van der Waals surface area contributed by atoms with Gasteiger partial charge in [-0.3, -0.25) is 5.32 Å². The van der Waals surface area contributed by atoms with E-state index in [0.29, 0.717) is 49.7 Å². The van der Waals surface area contributed by atoms with Gasteiger partial charge in [0.1, 0.15) is 28.7 Å². The molecule has 10 nitrogen and oxygen atoms in total. The highest BCUT2D eigenvalue weighted by Crippen LogP contribution is 2.46. The second-order valence-corrected chi connectivity index (χ2v) is 15.8. The highest BCUT2D eigenvalue weighted by Gasteiger charge is 2.51. The summed E-state index contributed by atoms with van der Waals surface area (Å²) < 4.78 is 17.5. The first-order valence-electron chi connectivity index (χ1n) is 16.3. The minimum Gasteiger partial charge on any atom is -0.444 e. The van der Waals surface area contributed by atoms with Gasteiger partial charge in [-0.15, -0.1) is 0 Å². The number of nitrogens with one attached hydrogen (secondary N) is 1. The lowest BCUT2D eigenvalue weighted by atomic mass is 9.79. The number of pyridine rings is 1. The van der Waals surface area contributed by atoms with Crippen molar-refractivity contribution in [3.63, 3.8) is 0 Å². The fraction of sp³-hybridized carbons (Fsp3) is 0.514. The number of fused-ring (bicyclic) bond motifs is 2. The van der Waals surface area contributed by atoms with E-state index in [1.807, 2.05) is 77.9 Å². The summed E-state index contributed by atoms with van der Waals surface area (Å²) in [5, 5.41) is 15.6. The topological polar surface area (TPSA) is 117 Å². The largest absolute Gasteiger partial charge is 0.444 e. The highest BCUT2D eigenvalue weighted by molar-refractivity contribution is 6.03. The fourth-order valence-electron chi connectivity index (χ4n) is 6.92. The molecule has 47 heavy (non-hydrogen) atoms. The highest BCUT2D eigenvalue weighted by atomic mass is 16.6. The van der Waals surface area contributed by atoms with Crippen molar-refractivity contribution in [3.8, 4) is 17.2 Å². The Balaban J connectivity index is 1.42. The molecular formula is C37H45N5O5. The van der Waals surface area contributed by atoms with Crippen molar-refractivity contribution in [3.05, 3.63) is 53.2 Å². The maximum atomic E-state index is 12.8. The lowest BCUT2D eigenvalue weighted by Crippen LogP contribution is -2.60. The minimum atomic E-state index is -0.654. The molecule has 3 aliphatic rings. The number of likely N-dealkylation sites (tertiary alicyclic amines) is 1. The van der Waals surface area contributed by atoms with Gasteiger partial charge in [-0.1, -0.05) is 24.3 Å². The number of aromatic nitrogens is 1. The van der Waals surface area contributed by atoms with Crippen LogP contribution in [-0.4, -0.2) is 65.1 Å². The Morgan fingerprint density at radius 2 is 1.72 bits per heavy atom. The first-order chi connectivity index (χ1) is 21.9. The number of amides is 2. The van der Waals surface area contributed by atoms with E-state index in [1.165, 1.54) is 0 Å². The van der Waals surface area contributed by atoms with Gasteiger partial charge in [-0.05, 0) is 90.3 Å². The van der Waals surface area contributed by atoms with Crippen LogP contribution in [0.2, 0.25) is 0 Å². The van der Waals surface area contributed by atoms with E-state index in [0.717, 1.165) is 46.1 Å². The lowest BCUT2D eigenvalue weighted by Gasteiger charge is -2.47. The monoisotopic (exact) mass is 639 g/mol. The van der Waals surface area contributed by atoms with Crippen LogP contribution in [0.15, 0.2) is 36.4 Å². The second-order valence-electron chi connectivity index (χ2n) is 15.8. The van der Waals surface area contributed by atoms with Gasteiger partial charge in [0.05, 0.1) is 17.9 Å². The summed E-state index contributed by atoms with van der Waals surface area (Å²) in [4.78, 5) is 34.7. The quantitative estimate of drug-likeness (QED) is 0.315. The van der Waals surface area contributed by atoms with Crippen molar-refractivity contribution >= 4 is 34.5 Å². The number of carbonyl (C=O) groups excluding carboxylic acids is 2. The van der Waals surface area contributed by atoms with Crippen LogP contribution < -0.4 is 10.2 Å². The van der Waals surface area contributed by atoms with Crippen LogP contribution in [-0.2, 0) is 27.2 Å². The van der Waals surface area contributed by atoms with Crippen LogP contribution in [0.3, 0.4) is 0 Å². The number of benzene rings is 2. The van der Waals surface area contributed by atoms with Gasteiger partial charge < -0.3 is 24.0 Å². The summed E-state index contributed by atoms with van der Waals surface area (Å²) in [6.45, 7) is 18.2. The van der Waals surface area contributed by atoms with Crippen molar-refractivity contribution < 1.29 is 23.8 Å². The Hall–Kier alpha value is -4.36. The first kappa shape index (κ1) is 32.6. The van der Waals surface area contributed by atoms with Gasteiger partial charge in [0.15, 0.2) is 0 Å². The van der Waals surface area contributed by atoms with E-state index in [9.17, 15) is 14.9 Å². The molecule has 0 atom stereocenters. The van der Waals surface area contributed by atoms with Crippen molar-refractivity contribution in [2.75, 3.05) is 36.4 Å². The van der Waals surface area contributed by atoms with E-state index < -0.39 is 22.9 Å². The lowest BCUT2D eigenvalue weighted by molar-refractivity contribution is -0.0410. The van der Waals surface area contributed by atoms with Crippen LogP contribution in [0.1, 0.15) is 78.6 Å². The summed E-state index contributed by atoms with van der Waals surface area (Å²) in [7, 11) is 0. The van der Waals surface area contributed by atoms with Crippen LogP contribution in [0, 0.1) is 16.7 Å². The smallest absolute Gasteiger partial charge is 0.412 e. The van der Waals surface area contributed by atoms with E-state index in [1.54, 1.807) is 4.90 Å². The number of nitrogens with zero attached hydrogens (tertiary/aromatic N) is 4. The Labute approximate surface area is 277 Å². The molecule has 1 N–H and O–H groups in total. The second kappa shape index (κ2) is 11.4. The predicted molar refractivity (Wildman–Crippen MR) is 181 cm³/mol. The zero-order valence-corrected chi connectivity index (χ0v) is 28.7. The first-order valence-corrected chi connectivity index (χ1v) is 16.3. The van der Waals surface area contributed by atoms with Crippen molar-refractivity contribution in [1.82, 2.24) is 9.88 Å². The molecule has 10 heteroatoms. The Morgan fingerprint density at radius 1 is 1.02 bits per heavy atom. The maximum Gasteiger partial charge on any atom is 0.412 e. The molecular weight excluding hydrogens is 594 g/mol. The summed E-state index contributed by atoms with van der Waals surface area (Å²) >= 11 is 0. The molecule has 0 aliphatic carbocycles. The number of ether oxygens (including phenoxy) is 3. The molecule has 2 fully saturated rings. The molecule has 6 rings (SSSR count). The maximum absolute atomic E-state index is 12.8. The number of carbonyl (C=O) groups is 2. The van der Waals surface area contributed by atoms with Crippen LogP contribution in [0.4, 0.5) is 21.1 Å². The minimum absolute atomic E-state index is 0.0757. The molecule has 248 valence electrons. The molecule has 0 bridgehead atoms. The van der Waals surface area contributed by atoms with Crippen LogP contribution in [0.25, 0.3) is 21.9 Å². The number of rotatable bonds is 3. The third kappa shape index (κ3) is 6.72. The predicted octanol–water partition coefficient (Wildman–Crippen LogP) is 7.42. The van der Waals surface area contributed by atoms with Crippen molar-refractivity contribution in [2.45, 2.75) is 91.6 Å². The van der Waals surface area contributed by atoms with Gasteiger partial charge in [0.25, 0.3) is 0 Å². The van der Waals surface area contributed by atoms with Crippen molar-refractivity contribution in [2.24, 2.45) is 5.41 Å². The van der Waals surface area contributed by atoms with Crippen molar-refractivity contribution in [1.29, 1.82) is 5.26 Å². The summed E-state index contributed by atoms with van der Waals surface area (Å²) in [6, 6.07) is 14.3. The van der Waals surface area contributed by atoms with Gasteiger partial charge in [-0.25, -0.2) is 14.6 Å². The molecule has 2 saturated heterocycles. The molecule has 0 radical (unpaired) electrons. The van der Waals surface area contributed by atoms with Gasteiger partial charge in [-0.2, -0.15) is 5.26 Å². The van der Waals surface area contributed by atoms with E-state index in [2.05, 4.69) is 30.1 Å². The molecule has 4 heterocycles. The van der Waals surface area contributed by atoms with Gasteiger partial charge in [0, 0.05) is 54.8 Å². The molecule has 1 aromatic heterocycles. The third-order valence-corrected chi connectivity index (χ3v) is 8.90. The number of nitriles is 1. The Morgan fingerprint density at radius 3 is 2.40 bits per heavy atom. The van der Waals surface area contributed by atoms with E-state index >= 15 is 0 Å². The molecule has 0 saturated carbocycles. The Kier molecular flexibility index (Phi) is 7.91. The zero-order chi connectivity index (χ0) is 33.9. The Bertz CT molecular complexity index is 1790. The summed E-state index contributed by atoms with van der Waals surface area (Å²) in [6.07, 6.45) is 0.637. The molecule has 0 unspecified atom stereocenters. The van der Waals surface area contributed by atoms with E-state index in [-0.39, 0.29) is 11.5 Å². The molecule has 2 amide bonds. The standard InChI is InChI=1S/C37H45N5O5/c1-34(2,3)46-32(43)39-24-15-23-11-9-10-12-25(23)26(16-24)30-27(18-38)31(40-29-17-36(7,8)45-19-28(29)30)41-14-13-37(20-41)21-42(22-37)33(44)47-35(4,5)6/h9-12,15-16H,13-14,17,19-22H2,1-8H3,(H,39,43). The number of hydrogen-bond acceptors (Lipinski definition) is 8. The molecule has 2 aromatic carbocycles. The normalized spacial score (nSPS) is 18.4. The number of anilines is 2. The SMILES string of the molecule is CC(C)(C)OC(=O)Nc1cc(-c2c(C#N)c(N3CCC4(CN(C(=O)OC(C)(C)C)C4)C3)nc3c2COC(C)(C)C3)c2ccccc2c1. The molecule has 1 spiro atoms. The summed E-state index contributed by atoms with van der Waals surface area (Å²) in [5.74, 6) is 0.654. The van der Waals surface area contributed by atoms with Crippen LogP contribution >= 0.6 is 0 Å². The van der Waals surface area contributed by atoms with E-state index in [4.69, 9.17) is 19.2 Å². The fourth-order valence-corrected chi connectivity index (χ4v) is 6.92. The number of hydrogen-bond donors (Lipinski definition) is 1. The average molecular weight is 640 g/mol. The van der Waals surface area contributed by atoms with Gasteiger partial charge >= 0.3 is 12.2 Å². The average Bonchev–Trinajstić information content (AvgIpc) is 3.38.